The normalized spacial score (nSPS) is 10.3. The number of rotatable bonds is 3. The topological polar surface area (TPSA) is 34.9 Å². The fraction of sp³-hybridized carbons (Fsp3) is 0.167. The molecule has 0 amide bonds. The van der Waals surface area contributed by atoms with Crippen LogP contribution >= 0.6 is 11.8 Å². The maximum absolute atomic E-state index is 11.9. The van der Waals surface area contributed by atoms with Gasteiger partial charge in [-0.25, -0.2) is 4.98 Å². The van der Waals surface area contributed by atoms with Gasteiger partial charge in [0.05, 0.1) is 0 Å². The van der Waals surface area contributed by atoms with Crippen LogP contribution in [0, 0.1) is 0 Å². The van der Waals surface area contributed by atoms with E-state index < -0.39 is 0 Å². The second-order valence-corrected chi connectivity index (χ2v) is 4.30. The number of aryl methyl sites for hydroxylation is 1. The molecule has 3 nitrogen and oxygen atoms in total. The molecule has 0 radical (unpaired) electrons. The van der Waals surface area contributed by atoms with Crippen LogP contribution in [-0.4, -0.2) is 9.55 Å². The van der Waals surface area contributed by atoms with Gasteiger partial charge in [0.25, 0.3) is 5.56 Å². The maximum atomic E-state index is 11.9. The SMILES string of the molecule is CCn1ccnc(Sc2ccccc2)c1=O. The molecule has 0 saturated carbocycles. The minimum absolute atomic E-state index is 0.0288. The summed E-state index contributed by atoms with van der Waals surface area (Å²) in [6, 6.07) is 9.78. The number of hydrogen-bond donors (Lipinski definition) is 0. The van der Waals surface area contributed by atoms with Crippen LogP contribution in [-0.2, 0) is 6.54 Å². The average Bonchev–Trinajstić information content (AvgIpc) is 2.33. The van der Waals surface area contributed by atoms with E-state index >= 15 is 0 Å². The van der Waals surface area contributed by atoms with Crippen LogP contribution in [0.3, 0.4) is 0 Å². The number of aromatic nitrogens is 2. The average molecular weight is 232 g/mol. The lowest BCUT2D eigenvalue weighted by Gasteiger charge is -2.03. The molecule has 0 N–H and O–H groups in total. The zero-order valence-electron chi connectivity index (χ0n) is 8.96. The Balaban J connectivity index is 2.32. The first-order valence-corrected chi connectivity index (χ1v) is 5.91. The molecular formula is C12H12N2OS. The van der Waals surface area contributed by atoms with E-state index in [1.54, 1.807) is 17.0 Å². The van der Waals surface area contributed by atoms with Crippen LogP contribution in [0.4, 0.5) is 0 Å². The third kappa shape index (κ3) is 2.33. The molecule has 0 atom stereocenters. The Morgan fingerprint density at radius 1 is 1.31 bits per heavy atom. The van der Waals surface area contributed by atoms with E-state index in [0.29, 0.717) is 11.6 Å². The van der Waals surface area contributed by atoms with Gasteiger partial charge in [-0.1, -0.05) is 30.0 Å². The third-order valence-electron chi connectivity index (χ3n) is 2.18. The van der Waals surface area contributed by atoms with Crippen LogP contribution in [0.5, 0.6) is 0 Å². The van der Waals surface area contributed by atoms with E-state index in [4.69, 9.17) is 0 Å². The van der Waals surface area contributed by atoms with E-state index in [9.17, 15) is 4.79 Å². The van der Waals surface area contributed by atoms with Gasteiger partial charge in [0.1, 0.15) is 0 Å². The molecule has 82 valence electrons. The first-order chi connectivity index (χ1) is 7.81. The molecule has 2 rings (SSSR count). The summed E-state index contributed by atoms with van der Waals surface area (Å²) in [6.45, 7) is 2.61. The van der Waals surface area contributed by atoms with Gasteiger partial charge in [0.2, 0.25) is 0 Å². The van der Waals surface area contributed by atoms with Crippen LogP contribution in [0.15, 0.2) is 57.4 Å². The monoisotopic (exact) mass is 232 g/mol. The summed E-state index contributed by atoms with van der Waals surface area (Å²) >= 11 is 1.40. The maximum Gasteiger partial charge on any atom is 0.283 e. The molecule has 0 spiro atoms. The summed E-state index contributed by atoms with van der Waals surface area (Å²) in [7, 11) is 0. The van der Waals surface area contributed by atoms with Crippen LogP contribution in [0.2, 0.25) is 0 Å². The Labute approximate surface area is 98.2 Å². The zero-order chi connectivity index (χ0) is 11.4. The van der Waals surface area contributed by atoms with E-state index in [2.05, 4.69) is 4.98 Å². The van der Waals surface area contributed by atoms with Crippen molar-refractivity contribution in [1.29, 1.82) is 0 Å². The number of hydrogen-bond acceptors (Lipinski definition) is 3. The predicted molar refractivity (Wildman–Crippen MR) is 64.7 cm³/mol. The quantitative estimate of drug-likeness (QED) is 0.815. The number of nitrogens with zero attached hydrogens (tertiary/aromatic N) is 2. The van der Waals surface area contributed by atoms with Gasteiger partial charge in [0, 0.05) is 23.8 Å². The molecule has 4 heteroatoms. The zero-order valence-corrected chi connectivity index (χ0v) is 9.78. The Morgan fingerprint density at radius 2 is 2.06 bits per heavy atom. The summed E-state index contributed by atoms with van der Waals surface area (Å²) in [4.78, 5) is 17.0. The third-order valence-corrected chi connectivity index (χ3v) is 3.16. The van der Waals surface area contributed by atoms with Gasteiger partial charge in [-0.2, -0.15) is 0 Å². The summed E-state index contributed by atoms with van der Waals surface area (Å²) in [6.07, 6.45) is 3.37. The van der Waals surface area contributed by atoms with Crippen LogP contribution in [0.1, 0.15) is 6.92 Å². The van der Waals surface area contributed by atoms with Crippen molar-refractivity contribution in [2.75, 3.05) is 0 Å². The molecule has 0 aliphatic carbocycles. The molecule has 0 aliphatic heterocycles. The minimum atomic E-state index is -0.0288. The first kappa shape index (κ1) is 11.0. The molecule has 1 aromatic heterocycles. The molecule has 0 unspecified atom stereocenters. The van der Waals surface area contributed by atoms with E-state index in [1.807, 2.05) is 37.3 Å². The summed E-state index contributed by atoms with van der Waals surface area (Å²) < 4.78 is 1.65. The van der Waals surface area contributed by atoms with E-state index in [1.165, 1.54) is 11.8 Å². The van der Waals surface area contributed by atoms with Crippen molar-refractivity contribution in [3.63, 3.8) is 0 Å². The second kappa shape index (κ2) is 4.99. The van der Waals surface area contributed by atoms with Gasteiger partial charge in [-0.3, -0.25) is 4.79 Å². The molecule has 0 aliphatic rings. The van der Waals surface area contributed by atoms with Crippen molar-refractivity contribution in [2.45, 2.75) is 23.4 Å². The minimum Gasteiger partial charge on any atom is -0.312 e. The largest absolute Gasteiger partial charge is 0.312 e. The van der Waals surface area contributed by atoms with Crippen molar-refractivity contribution in [3.05, 3.63) is 53.1 Å². The van der Waals surface area contributed by atoms with Gasteiger partial charge in [-0.15, -0.1) is 0 Å². The predicted octanol–water partition coefficient (Wildman–Crippen LogP) is 2.41. The van der Waals surface area contributed by atoms with Crippen molar-refractivity contribution < 1.29 is 0 Å². The Morgan fingerprint density at radius 3 is 2.75 bits per heavy atom. The Kier molecular flexibility index (Phi) is 3.41. The molecule has 0 fully saturated rings. The van der Waals surface area contributed by atoms with Gasteiger partial charge in [-0.05, 0) is 19.1 Å². The Hall–Kier alpha value is -1.55. The highest BCUT2D eigenvalue weighted by molar-refractivity contribution is 7.99. The molecule has 2 aromatic rings. The smallest absolute Gasteiger partial charge is 0.283 e. The van der Waals surface area contributed by atoms with E-state index in [-0.39, 0.29) is 5.56 Å². The van der Waals surface area contributed by atoms with Gasteiger partial charge in [0.15, 0.2) is 5.03 Å². The van der Waals surface area contributed by atoms with Crippen molar-refractivity contribution in [3.8, 4) is 0 Å². The Bertz CT molecular complexity index is 522. The molecule has 1 heterocycles. The first-order valence-electron chi connectivity index (χ1n) is 5.09. The highest BCUT2D eigenvalue weighted by Crippen LogP contribution is 2.22. The molecule has 16 heavy (non-hydrogen) atoms. The van der Waals surface area contributed by atoms with Gasteiger partial charge >= 0.3 is 0 Å². The van der Waals surface area contributed by atoms with E-state index in [0.717, 1.165) is 4.90 Å². The number of benzene rings is 1. The fourth-order valence-electron chi connectivity index (χ4n) is 1.35. The standard InChI is InChI=1S/C12H12N2OS/c1-2-14-9-8-13-11(12(14)15)16-10-6-4-3-5-7-10/h3-9H,2H2,1H3. The summed E-state index contributed by atoms with van der Waals surface area (Å²) in [5.41, 5.74) is -0.0288. The van der Waals surface area contributed by atoms with Crippen molar-refractivity contribution >= 4 is 11.8 Å². The highest BCUT2D eigenvalue weighted by Gasteiger charge is 2.05. The van der Waals surface area contributed by atoms with Crippen molar-refractivity contribution in [1.82, 2.24) is 9.55 Å². The lowest BCUT2D eigenvalue weighted by molar-refractivity contribution is 0.692. The van der Waals surface area contributed by atoms with Crippen LogP contribution < -0.4 is 5.56 Å². The summed E-state index contributed by atoms with van der Waals surface area (Å²) in [5, 5.41) is 0.524. The highest BCUT2D eigenvalue weighted by atomic mass is 32.2. The molecule has 0 saturated heterocycles. The second-order valence-electron chi connectivity index (χ2n) is 3.24. The van der Waals surface area contributed by atoms with Crippen molar-refractivity contribution in [2.24, 2.45) is 0 Å². The lowest BCUT2D eigenvalue weighted by atomic mass is 10.4. The summed E-state index contributed by atoms with van der Waals surface area (Å²) in [5.74, 6) is 0. The molecule has 0 bridgehead atoms. The van der Waals surface area contributed by atoms with Crippen LogP contribution in [0.25, 0.3) is 0 Å². The lowest BCUT2D eigenvalue weighted by Crippen LogP contribution is -2.20. The molecule has 1 aromatic carbocycles. The van der Waals surface area contributed by atoms with Gasteiger partial charge < -0.3 is 4.57 Å². The molecular weight excluding hydrogens is 220 g/mol. The fourth-order valence-corrected chi connectivity index (χ4v) is 2.18.